The monoisotopic (exact) mass is 232 g/mol. The summed E-state index contributed by atoms with van der Waals surface area (Å²) in [6.07, 6.45) is 0. The van der Waals surface area contributed by atoms with Gasteiger partial charge >= 0.3 is 23.1 Å². The van der Waals surface area contributed by atoms with Crippen molar-refractivity contribution in [1.82, 2.24) is 0 Å². The van der Waals surface area contributed by atoms with Crippen molar-refractivity contribution < 1.29 is 0 Å². The van der Waals surface area contributed by atoms with Crippen molar-refractivity contribution in [2.24, 2.45) is 0 Å². The van der Waals surface area contributed by atoms with E-state index >= 15 is 0 Å². The van der Waals surface area contributed by atoms with E-state index in [0.29, 0.717) is 0 Å². The van der Waals surface area contributed by atoms with Crippen LogP contribution in [0.15, 0.2) is 46.9 Å². The molecule has 0 amide bonds. The summed E-state index contributed by atoms with van der Waals surface area (Å²) < 4.78 is 1.16. The van der Waals surface area contributed by atoms with Crippen molar-refractivity contribution >= 4 is 49.8 Å². The van der Waals surface area contributed by atoms with Crippen LogP contribution in [0, 0.1) is 0 Å². The predicted octanol–water partition coefficient (Wildman–Crippen LogP) is 2.69. The Hall–Kier alpha value is -0.0538. The van der Waals surface area contributed by atoms with Crippen molar-refractivity contribution in [3.05, 3.63) is 46.9 Å². The van der Waals surface area contributed by atoms with Gasteiger partial charge in [0.1, 0.15) is 0 Å². The lowest BCUT2D eigenvalue weighted by molar-refractivity contribution is 1.71. The number of hydrogen-bond acceptors (Lipinski definition) is 0. The first-order chi connectivity index (χ1) is 5.38. The highest BCUT2D eigenvalue weighted by Gasteiger charge is 1.93. The summed E-state index contributed by atoms with van der Waals surface area (Å²) in [5, 5.41) is 2.55. The average Bonchev–Trinajstić information content (AvgIpc) is 2.06. The van der Waals surface area contributed by atoms with Crippen molar-refractivity contribution in [2.45, 2.75) is 0 Å². The molecule has 2 aromatic rings. The van der Waals surface area contributed by atoms with Gasteiger partial charge in [0.05, 0.1) is 0 Å². The maximum Gasteiger partial charge on any atom is 0.316 e. The van der Waals surface area contributed by atoms with Crippen LogP contribution in [0.25, 0.3) is 10.8 Å². The number of benzene rings is 2. The molecular formula is C10H9BrMg. The van der Waals surface area contributed by atoms with Crippen LogP contribution in [0.1, 0.15) is 0 Å². The number of rotatable bonds is 0. The van der Waals surface area contributed by atoms with E-state index in [1.165, 1.54) is 10.8 Å². The van der Waals surface area contributed by atoms with Gasteiger partial charge in [-0.1, -0.05) is 52.3 Å². The lowest BCUT2D eigenvalue weighted by atomic mass is 10.1. The Morgan fingerprint density at radius 2 is 1.50 bits per heavy atom. The first kappa shape index (κ1) is 10.0. The van der Waals surface area contributed by atoms with Crippen LogP contribution in [0.3, 0.4) is 0 Å². The molecule has 0 saturated heterocycles. The van der Waals surface area contributed by atoms with Crippen LogP contribution in [0.5, 0.6) is 0 Å². The fraction of sp³-hybridized carbons (Fsp3) is 0. The normalized spacial score (nSPS) is 9.42. The van der Waals surface area contributed by atoms with Gasteiger partial charge in [0, 0.05) is 4.47 Å². The van der Waals surface area contributed by atoms with E-state index in [0.717, 1.165) is 4.47 Å². The minimum atomic E-state index is 0. The Bertz CT molecular complexity index is 379. The van der Waals surface area contributed by atoms with Crippen LogP contribution >= 0.6 is 15.9 Å². The van der Waals surface area contributed by atoms with E-state index in [4.69, 9.17) is 0 Å². The molecule has 0 aliphatic heterocycles. The largest absolute Gasteiger partial charge is 0.316 e. The molecule has 58 valence electrons. The zero-order valence-electron chi connectivity index (χ0n) is 5.92. The Labute approximate surface area is 96.3 Å². The van der Waals surface area contributed by atoms with Gasteiger partial charge in [-0.25, -0.2) is 0 Å². The average molecular weight is 233 g/mol. The third-order valence-electron chi connectivity index (χ3n) is 1.74. The van der Waals surface area contributed by atoms with E-state index in [-0.39, 0.29) is 23.1 Å². The van der Waals surface area contributed by atoms with Gasteiger partial charge in [0.2, 0.25) is 0 Å². The van der Waals surface area contributed by atoms with Gasteiger partial charge in [0.15, 0.2) is 0 Å². The molecule has 0 aromatic heterocycles. The van der Waals surface area contributed by atoms with Crippen molar-refractivity contribution in [2.75, 3.05) is 0 Å². The second-order valence-electron chi connectivity index (χ2n) is 2.46. The molecule has 0 radical (unpaired) electrons. The fourth-order valence-corrected chi connectivity index (χ4v) is 1.70. The Morgan fingerprint density at radius 3 is 2.25 bits per heavy atom. The molecule has 0 unspecified atom stereocenters. The van der Waals surface area contributed by atoms with Crippen molar-refractivity contribution in [1.29, 1.82) is 0 Å². The molecule has 2 heteroatoms. The van der Waals surface area contributed by atoms with Gasteiger partial charge in [0.25, 0.3) is 0 Å². The lowest BCUT2D eigenvalue weighted by Gasteiger charge is -1.97. The van der Waals surface area contributed by atoms with E-state index in [1.807, 2.05) is 12.1 Å². The summed E-state index contributed by atoms with van der Waals surface area (Å²) in [5.41, 5.74) is 0. The quantitative estimate of drug-likeness (QED) is 0.614. The topological polar surface area (TPSA) is 0 Å². The SMILES string of the molecule is Brc1cccc2ccccc12.[MgH2]. The van der Waals surface area contributed by atoms with Gasteiger partial charge in [-0.2, -0.15) is 0 Å². The summed E-state index contributed by atoms with van der Waals surface area (Å²) in [6.45, 7) is 0. The molecule has 0 nitrogen and oxygen atoms in total. The van der Waals surface area contributed by atoms with E-state index < -0.39 is 0 Å². The second-order valence-corrected chi connectivity index (χ2v) is 3.32. The number of fused-ring (bicyclic) bond motifs is 1. The summed E-state index contributed by atoms with van der Waals surface area (Å²) in [7, 11) is 0. The Kier molecular flexibility index (Phi) is 3.56. The summed E-state index contributed by atoms with van der Waals surface area (Å²) in [4.78, 5) is 0. The smallest absolute Gasteiger partial charge is 0.0616 e. The first-order valence-electron chi connectivity index (χ1n) is 3.51. The molecular weight excluding hydrogens is 224 g/mol. The highest BCUT2D eigenvalue weighted by Crippen LogP contribution is 2.22. The minimum Gasteiger partial charge on any atom is -0.0616 e. The van der Waals surface area contributed by atoms with Crippen LogP contribution in [0.4, 0.5) is 0 Å². The summed E-state index contributed by atoms with van der Waals surface area (Å²) >= 11 is 3.50. The molecule has 0 atom stereocenters. The molecule has 0 heterocycles. The number of halogens is 1. The van der Waals surface area contributed by atoms with Crippen molar-refractivity contribution in [3.8, 4) is 0 Å². The minimum absolute atomic E-state index is 0. The van der Waals surface area contributed by atoms with E-state index in [1.54, 1.807) is 0 Å². The summed E-state index contributed by atoms with van der Waals surface area (Å²) in [6, 6.07) is 14.5. The number of hydrogen-bond donors (Lipinski definition) is 0. The van der Waals surface area contributed by atoms with Crippen molar-refractivity contribution in [3.63, 3.8) is 0 Å². The van der Waals surface area contributed by atoms with Gasteiger partial charge in [-0.15, -0.1) is 0 Å². The van der Waals surface area contributed by atoms with Crippen LogP contribution < -0.4 is 0 Å². The Morgan fingerprint density at radius 1 is 0.833 bits per heavy atom. The molecule has 0 fully saturated rings. The highest BCUT2D eigenvalue weighted by molar-refractivity contribution is 9.10. The van der Waals surface area contributed by atoms with Crippen LogP contribution in [-0.4, -0.2) is 23.1 Å². The molecule has 0 bridgehead atoms. The predicted molar refractivity (Wildman–Crippen MR) is 60.2 cm³/mol. The zero-order valence-corrected chi connectivity index (χ0v) is 7.51. The Balaban J connectivity index is 0.000000720. The summed E-state index contributed by atoms with van der Waals surface area (Å²) in [5.74, 6) is 0. The maximum atomic E-state index is 3.50. The third-order valence-corrected chi connectivity index (χ3v) is 2.43. The van der Waals surface area contributed by atoms with E-state index in [2.05, 4.69) is 46.3 Å². The molecule has 0 saturated carbocycles. The molecule has 2 aromatic carbocycles. The lowest BCUT2D eigenvalue weighted by Crippen LogP contribution is -1.71. The maximum absolute atomic E-state index is 3.50. The molecule has 0 aliphatic rings. The van der Waals surface area contributed by atoms with Crippen LogP contribution in [0.2, 0.25) is 0 Å². The van der Waals surface area contributed by atoms with Gasteiger partial charge < -0.3 is 0 Å². The fourth-order valence-electron chi connectivity index (χ4n) is 1.19. The third kappa shape index (κ3) is 1.81. The molecule has 12 heavy (non-hydrogen) atoms. The zero-order chi connectivity index (χ0) is 7.68. The molecule has 2 rings (SSSR count). The first-order valence-corrected chi connectivity index (χ1v) is 4.30. The highest BCUT2D eigenvalue weighted by atomic mass is 79.9. The van der Waals surface area contributed by atoms with Crippen LogP contribution in [-0.2, 0) is 0 Å². The molecule has 0 spiro atoms. The molecule has 0 N–H and O–H groups in total. The second kappa shape index (κ2) is 4.26. The van der Waals surface area contributed by atoms with Gasteiger partial charge in [-0.05, 0) is 16.8 Å². The standard InChI is InChI=1S/C10H7Br.Mg.2H/c11-10-7-3-5-8-4-1-2-6-9(8)10;;;/h1-7H;;;. The van der Waals surface area contributed by atoms with E-state index in [9.17, 15) is 0 Å². The van der Waals surface area contributed by atoms with Gasteiger partial charge in [-0.3, -0.25) is 0 Å². The molecule has 0 aliphatic carbocycles.